The highest BCUT2D eigenvalue weighted by atomic mass is 32.1. The van der Waals surface area contributed by atoms with Crippen LogP contribution in [0.2, 0.25) is 0 Å². The molecule has 3 rings (SSSR count). The number of thiophene rings is 1. The molecule has 0 aromatic carbocycles. The molecule has 0 spiro atoms. The minimum absolute atomic E-state index is 0.831. The molecule has 0 atom stereocenters. The zero-order chi connectivity index (χ0) is 8.67. The molecule has 0 unspecified atom stereocenters. The van der Waals surface area contributed by atoms with Gasteiger partial charge in [-0.3, -0.25) is 0 Å². The highest BCUT2D eigenvalue weighted by molar-refractivity contribution is 7.16. The molecule has 1 saturated carbocycles. The van der Waals surface area contributed by atoms with Crippen molar-refractivity contribution in [2.45, 2.75) is 25.2 Å². The Morgan fingerprint density at radius 3 is 3.08 bits per heavy atom. The van der Waals surface area contributed by atoms with Crippen LogP contribution in [0.1, 0.15) is 30.7 Å². The molecule has 1 aliphatic rings. The van der Waals surface area contributed by atoms with Crippen molar-refractivity contribution >= 4 is 21.6 Å². The van der Waals surface area contributed by atoms with Crippen LogP contribution in [0.25, 0.3) is 10.2 Å². The smallest absolute Gasteiger partial charge is 0.123 e. The maximum atomic E-state index is 4.36. The molecule has 2 heterocycles. The van der Waals surface area contributed by atoms with E-state index in [4.69, 9.17) is 0 Å². The van der Waals surface area contributed by atoms with Gasteiger partial charge in [0.15, 0.2) is 0 Å². The van der Waals surface area contributed by atoms with E-state index in [0.29, 0.717) is 0 Å². The molecule has 0 saturated heterocycles. The number of hydrogen-bond acceptors (Lipinski definition) is 2. The van der Waals surface area contributed by atoms with E-state index in [9.17, 15) is 0 Å². The van der Waals surface area contributed by atoms with Gasteiger partial charge in [0.1, 0.15) is 4.83 Å². The lowest BCUT2D eigenvalue weighted by Gasteiger charge is -2.24. The highest BCUT2D eigenvalue weighted by Crippen LogP contribution is 2.41. The van der Waals surface area contributed by atoms with Gasteiger partial charge in [0.05, 0.1) is 0 Å². The van der Waals surface area contributed by atoms with Crippen LogP contribution in [0.5, 0.6) is 0 Å². The predicted molar refractivity (Wildman–Crippen MR) is 56.2 cm³/mol. The third-order valence-corrected chi connectivity index (χ3v) is 3.85. The average Bonchev–Trinajstić information content (AvgIpc) is 2.47. The van der Waals surface area contributed by atoms with E-state index < -0.39 is 0 Å². The molecule has 2 aromatic heterocycles. The number of rotatable bonds is 1. The molecule has 13 heavy (non-hydrogen) atoms. The van der Waals surface area contributed by atoms with E-state index in [2.05, 4.69) is 16.4 Å². The SMILES string of the molecule is c1cnc2scc(C3CCC3)c2c1. The molecule has 0 N–H and O–H groups in total. The van der Waals surface area contributed by atoms with Gasteiger partial charge in [-0.2, -0.15) is 0 Å². The topological polar surface area (TPSA) is 12.9 Å². The lowest BCUT2D eigenvalue weighted by atomic mass is 9.80. The second-order valence-corrected chi connectivity index (χ2v) is 4.53. The maximum Gasteiger partial charge on any atom is 0.123 e. The first-order chi connectivity index (χ1) is 6.45. The summed E-state index contributed by atoms with van der Waals surface area (Å²) in [5.74, 6) is 0.831. The van der Waals surface area contributed by atoms with Gasteiger partial charge in [-0.1, -0.05) is 12.5 Å². The molecule has 0 radical (unpaired) electrons. The molecule has 0 bridgehead atoms. The number of nitrogens with zero attached hydrogens (tertiary/aromatic N) is 1. The zero-order valence-corrected chi connectivity index (χ0v) is 8.18. The van der Waals surface area contributed by atoms with Crippen LogP contribution in [0, 0.1) is 0 Å². The van der Waals surface area contributed by atoms with Gasteiger partial charge < -0.3 is 0 Å². The zero-order valence-electron chi connectivity index (χ0n) is 7.36. The Kier molecular flexibility index (Phi) is 1.62. The second kappa shape index (κ2) is 2.81. The van der Waals surface area contributed by atoms with Crippen molar-refractivity contribution in [3.63, 3.8) is 0 Å². The third kappa shape index (κ3) is 1.09. The molecule has 66 valence electrons. The molecule has 0 amide bonds. The van der Waals surface area contributed by atoms with Gasteiger partial charge in [-0.25, -0.2) is 4.98 Å². The van der Waals surface area contributed by atoms with E-state index in [1.165, 1.54) is 29.5 Å². The van der Waals surface area contributed by atoms with Crippen LogP contribution in [0.3, 0.4) is 0 Å². The van der Waals surface area contributed by atoms with Crippen LogP contribution in [0.15, 0.2) is 23.7 Å². The Balaban J connectivity index is 2.17. The predicted octanol–water partition coefficient (Wildman–Crippen LogP) is 3.56. The van der Waals surface area contributed by atoms with Gasteiger partial charge in [0.2, 0.25) is 0 Å². The lowest BCUT2D eigenvalue weighted by Crippen LogP contribution is -2.07. The summed E-state index contributed by atoms with van der Waals surface area (Å²) in [7, 11) is 0. The molecule has 2 heteroatoms. The summed E-state index contributed by atoms with van der Waals surface area (Å²) in [5, 5.41) is 3.68. The molecular weight excluding hydrogens is 178 g/mol. The maximum absolute atomic E-state index is 4.36. The molecule has 2 aromatic rings. The molecule has 0 aliphatic heterocycles. The first-order valence-electron chi connectivity index (χ1n) is 4.77. The Bertz CT molecular complexity index is 428. The summed E-state index contributed by atoms with van der Waals surface area (Å²) in [4.78, 5) is 5.56. The van der Waals surface area contributed by atoms with Gasteiger partial charge in [-0.05, 0) is 35.8 Å². The molecule has 1 aliphatic carbocycles. The fourth-order valence-corrected chi connectivity index (χ4v) is 2.92. The van der Waals surface area contributed by atoms with Crippen molar-refractivity contribution < 1.29 is 0 Å². The lowest BCUT2D eigenvalue weighted by molar-refractivity contribution is 0.423. The van der Waals surface area contributed by atoms with E-state index in [1.54, 1.807) is 16.9 Å². The minimum atomic E-state index is 0.831. The first-order valence-corrected chi connectivity index (χ1v) is 5.65. The Morgan fingerprint density at radius 2 is 2.31 bits per heavy atom. The van der Waals surface area contributed by atoms with Gasteiger partial charge in [0, 0.05) is 11.6 Å². The Hall–Kier alpha value is -0.890. The number of fused-ring (bicyclic) bond motifs is 1. The van der Waals surface area contributed by atoms with Crippen molar-refractivity contribution in [1.82, 2.24) is 4.98 Å². The van der Waals surface area contributed by atoms with E-state index >= 15 is 0 Å². The van der Waals surface area contributed by atoms with E-state index in [0.717, 1.165) is 5.92 Å². The largest absolute Gasteiger partial charge is 0.245 e. The monoisotopic (exact) mass is 189 g/mol. The van der Waals surface area contributed by atoms with Gasteiger partial charge in [-0.15, -0.1) is 11.3 Å². The van der Waals surface area contributed by atoms with Crippen LogP contribution < -0.4 is 0 Å². The summed E-state index contributed by atoms with van der Waals surface area (Å²) in [6.45, 7) is 0. The standard InChI is InChI=1S/C11H11NS/c1-3-8(4-1)10-7-13-11-9(10)5-2-6-12-11/h2,5-8H,1,3-4H2. The summed E-state index contributed by atoms with van der Waals surface area (Å²) in [6, 6.07) is 4.24. The van der Waals surface area contributed by atoms with Gasteiger partial charge >= 0.3 is 0 Å². The summed E-state index contributed by atoms with van der Waals surface area (Å²) in [6.07, 6.45) is 6.03. The van der Waals surface area contributed by atoms with Crippen molar-refractivity contribution in [1.29, 1.82) is 0 Å². The Labute approximate surface area is 81.4 Å². The average molecular weight is 189 g/mol. The van der Waals surface area contributed by atoms with Crippen molar-refractivity contribution in [2.24, 2.45) is 0 Å². The normalized spacial score (nSPS) is 17.5. The van der Waals surface area contributed by atoms with E-state index in [-0.39, 0.29) is 0 Å². The molecule has 1 fully saturated rings. The third-order valence-electron chi connectivity index (χ3n) is 2.92. The minimum Gasteiger partial charge on any atom is -0.245 e. The van der Waals surface area contributed by atoms with Crippen molar-refractivity contribution in [2.75, 3.05) is 0 Å². The number of pyridine rings is 1. The van der Waals surface area contributed by atoms with Crippen LogP contribution in [0.4, 0.5) is 0 Å². The first kappa shape index (κ1) is 7.51. The number of hydrogen-bond donors (Lipinski definition) is 0. The highest BCUT2D eigenvalue weighted by Gasteiger charge is 2.22. The molecular formula is C11H11NS. The second-order valence-electron chi connectivity index (χ2n) is 3.67. The number of aromatic nitrogens is 1. The van der Waals surface area contributed by atoms with E-state index in [1.807, 2.05) is 12.3 Å². The summed E-state index contributed by atoms with van der Waals surface area (Å²) in [5.41, 5.74) is 1.54. The summed E-state index contributed by atoms with van der Waals surface area (Å²) < 4.78 is 0. The quantitative estimate of drug-likeness (QED) is 0.668. The van der Waals surface area contributed by atoms with Crippen molar-refractivity contribution in [3.05, 3.63) is 29.3 Å². The van der Waals surface area contributed by atoms with Crippen molar-refractivity contribution in [3.8, 4) is 0 Å². The van der Waals surface area contributed by atoms with Crippen LogP contribution >= 0.6 is 11.3 Å². The Morgan fingerprint density at radius 1 is 1.38 bits per heavy atom. The van der Waals surface area contributed by atoms with Gasteiger partial charge in [0.25, 0.3) is 0 Å². The van der Waals surface area contributed by atoms with Crippen LogP contribution in [-0.2, 0) is 0 Å². The summed E-state index contributed by atoms with van der Waals surface area (Å²) >= 11 is 1.78. The molecule has 1 nitrogen and oxygen atoms in total. The van der Waals surface area contributed by atoms with Crippen LogP contribution in [-0.4, -0.2) is 4.98 Å². The fraction of sp³-hybridized carbons (Fsp3) is 0.364. The fourth-order valence-electron chi connectivity index (χ4n) is 1.92.